The molecule has 6 nitrogen and oxygen atoms in total. The minimum atomic E-state index is 0.468. The van der Waals surface area contributed by atoms with Gasteiger partial charge in [-0.05, 0) is 37.4 Å². The van der Waals surface area contributed by atoms with Crippen LogP contribution in [0.15, 0.2) is 48.2 Å². The maximum atomic E-state index is 3.98. The average molecular weight is 274 g/mol. The maximum absolute atomic E-state index is 3.98. The van der Waals surface area contributed by atoms with Crippen molar-refractivity contribution in [1.29, 1.82) is 0 Å². The normalized spacial score (nSPS) is 20.3. The van der Waals surface area contributed by atoms with Crippen LogP contribution in [0.4, 0.5) is 0 Å². The minimum Gasteiger partial charge on any atom is -0.311 e. The van der Waals surface area contributed by atoms with Crippen molar-refractivity contribution in [1.82, 2.24) is 30.8 Å². The van der Waals surface area contributed by atoms with Crippen LogP contribution in [0.5, 0.6) is 0 Å². The Balaban J connectivity index is 0.000000117. The summed E-state index contributed by atoms with van der Waals surface area (Å²) in [6, 6.07) is 8.11. The number of rotatable bonds is 0. The lowest BCUT2D eigenvalue weighted by Crippen LogP contribution is -2.33. The summed E-state index contributed by atoms with van der Waals surface area (Å²) in [6.07, 6.45) is 7.36. The van der Waals surface area contributed by atoms with E-state index < -0.39 is 0 Å². The number of hydrazine groups is 2. The van der Waals surface area contributed by atoms with Gasteiger partial charge in [-0.3, -0.25) is 0 Å². The molecular formula is C12H14N6S. The number of fused-ring (bicyclic) bond motifs is 2. The van der Waals surface area contributed by atoms with Gasteiger partial charge in [-0.15, -0.1) is 14.4 Å². The van der Waals surface area contributed by atoms with E-state index in [1.165, 1.54) is 9.90 Å². The third-order valence-corrected chi connectivity index (χ3v) is 3.07. The first kappa shape index (κ1) is 12.2. The fraction of sp³-hybridized carbons (Fsp3) is 0.167. The number of benzene rings is 1. The molecule has 1 fully saturated rings. The summed E-state index contributed by atoms with van der Waals surface area (Å²) in [5, 5.41) is 7.97. The molecule has 1 aromatic carbocycles. The molecule has 1 unspecified atom stereocenters. The van der Waals surface area contributed by atoms with E-state index >= 15 is 0 Å². The van der Waals surface area contributed by atoms with Crippen LogP contribution in [0.25, 0.3) is 11.0 Å². The standard InChI is InChI=1S/C6H5N3S.C6H9N3/c10-9-7-5-3-1-2-4-6(5)8-9;1-2-4-6-5(3-1)7-9-8-6/h1-4,10H;1-3,6-9H,4H2. The Labute approximate surface area is 116 Å². The zero-order valence-electron chi connectivity index (χ0n) is 10.1. The summed E-state index contributed by atoms with van der Waals surface area (Å²) in [6.45, 7) is 0. The van der Waals surface area contributed by atoms with Crippen LogP contribution in [0, 0.1) is 0 Å². The summed E-state index contributed by atoms with van der Waals surface area (Å²) in [7, 11) is 0. The summed E-state index contributed by atoms with van der Waals surface area (Å²) < 4.78 is 1.27. The van der Waals surface area contributed by atoms with Gasteiger partial charge in [0.05, 0.1) is 6.04 Å². The van der Waals surface area contributed by atoms with E-state index in [1.54, 1.807) is 0 Å². The highest BCUT2D eigenvalue weighted by atomic mass is 32.1. The summed E-state index contributed by atoms with van der Waals surface area (Å²) >= 11 is 3.94. The fourth-order valence-electron chi connectivity index (χ4n) is 1.94. The zero-order valence-corrected chi connectivity index (χ0v) is 11.0. The Bertz CT molecular complexity index is 599. The molecule has 2 aliphatic rings. The molecule has 0 saturated carbocycles. The second kappa shape index (κ2) is 5.43. The third kappa shape index (κ3) is 2.78. The van der Waals surface area contributed by atoms with Gasteiger partial charge in [0.2, 0.25) is 0 Å². The Morgan fingerprint density at radius 2 is 1.95 bits per heavy atom. The van der Waals surface area contributed by atoms with Crippen molar-refractivity contribution in [3.63, 3.8) is 0 Å². The quantitative estimate of drug-likeness (QED) is 0.538. The van der Waals surface area contributed by atoms with Crippen LogP contribution >= 0.6 is 12.8 Å². The number of aromatic nitrogens is 3. The highest BCUT2D eigenvalue weighted by molar-refractivity contribution is 7.78. The van der Waals surface area contributed by atoms with Crippen LogP contribution < -0.4 is 16.4 Å². The number of nitrogens with one attached hydrogen (secondary N) is 3. The molecular weight excluding hydrogens is 260 g/mol. The highest BCUT2D eigenvalue weighted by Gasteiger charge is 2.18. The molecule has 0 amide bonds. The van der Waals surface area contributed by atoms with Crippen LogP contribution in [-0.2, 0) is 0 Å². The van der Waals surface area contributed by atoms with E-state index in [0.29, 0.717) is 6.04 Å². The number of hydrogen-bond donors (Lipinski definition) is 4. The predicted molar refractivity (Wildman–Crippen MR) is 76.9 cm³/mol. The van der Waals surface area contributed by atoms with Gasteiger partial charge in [-0.25, -0.2) is 5.43 Å². The van der Waals surface area contributed by atoms with Gasteiger partial charge in [0.15, 0.2) is 0 Å². The Kier molecular flexibility index (Phi) is 3.49. The maximum Gasteiger partial charge on any atom is 0.114 e. The van der Waals surface area contributed by atoms with Crippen molar-refractivity contribution >= 4 is 23.8 Å². The first-order valence-electron chi connectivity index (χ1n) is 5.97. The van der Waals surface area contributed by atoms with E-state index in [0.717, 1.165) is 17.5 Å². The lowest BCUT2D eigenvalue weighted by molar-refractivity contribution is 0.545. The number of hydrogen-bond acceptors (Lipinski definition) is 6. The van der Waals surface area contributed by atoms with Crippen molar-refractivity contribution in [2.75, 3.05) is 0 Å². The smallest absolute Gasteiger partial charge is 0.114 e. The number of thiol groups is 1. The monoisotopic (exact) mass is 274 g/mol. The second-order valence-corrected chi connectivity index (χ2v) is 4.55. The number of allylic oxidation sites excluding steroid dienone is 2. The highest BCUT2D eigenvalue weighted by Crippen LogP contribution is 2.11. The minimum absolute atomic E-state index is 0.468. The van der Waals surface area contributed by atoms with E-state index in [4.69, 9.17) is 0 Å². The molecule has 1 aliphatic heterocycles. The van der Waals surface area contributed by atoms with E-state index in [1.807, 2.05) is 24.3 Å². The van der Waals surface area contributed by atoms with Gasteiger partial charge in [-0.2, -0.15) is 5.53 Å². The molecule has 0 spiro atoms. The van der Waals surface area contributed by atoms with E-state index in [-0.39, 0.29) is 0 Å². The Hall–Kier alpha value is -1.83. The molecule has 0 bridgehead atoms. The van der Waals surface area contributed by atoms with Crippen molar-refractivity contribution < 1.29 is 0 Å². The molecule has 4 rings (SSSR count). The lowest BCUT2D eigenvalue weighted by atomic mass is 10.1. The molecule has 3 N–H and O–H groups in total. The summed E-state index contributed by atoms with van der Waals surface area (Å²) in [5.74, 6) is 0. The van der Waals surface area contributed by atoms with Gasteiger partial charge >= 0.3 is 0 Å². The average Bonchev–Trinajstić information content (AvgIpc) is 3.03. The van der Waals surface area contributed by atoms with Crippen LogP contribution in [0.1, 0.15) is 6.42 Å². The van der Waals surface area contributed by atoms with Gasteiger partial charge in [0.1, 0.15) is 11.0 Å². The molecule has 0 radical (unpaired) electrons. The molecule has 2 heterocycles. The first-order chi connectivity index (χ1) is 9.33. The lowest BCUT2D eigenvalue weighted by Gasteiger charge is -2.08. The van der Waals surface area contributed by atoms with Gasteiger partial charge in [0, 0.05) is 5.70 Å². The van der Waals surface area contributed by atoms with E-state index in [2.05, 4.69) is 57.6 Å². The molecule has 2 aromatic rings. The van der Waals surface area contributed by atoms with Gasteiger partial charge < -0.3 is 5.43 Å². The summed E-state index contributed by atoms with van der Waals surface area (Å²) in [4.78, 5) is 0. The largest absolute Gasteiger partial charge is 0.311 e. The first-order valence-corrected chi connectivity index (χ1v) is 6.37. The van der Waals surface area contributed by atoms with Gasteiger partial charge in [-0.1, -0.05) is 24.3 Å². The fourth-order valence-corrected chi connectivity index (χ4v) is 2.13. The van der Waals surface area contributed by atoms with Crippen molar-refractivity contribution in [3.8, 4) is 0 Å². The molecule has 1 saturated heterocycles. The van der Waals surface area contributed by atoms with Crippen molar-refractivity contribution in [2.24, 2.45) is 0 Å². The Morgan fingerprint density at radius 1 is 1.21 bits per heavy atom. The van der Waals surface area contributed by atoms with Crippen LogP contribution in [0.2, 0.25) is 0 Å². The predicted octanol–water partition coefficient (Wildman–Crippen LogP) is 0.935. The molecule has 1 atom stereocenters. The second-order valence-electron chi connectivity index (χ2n) is 4.19. The molecule has 1 aliphatic carbocycles. The topological polar surface area (TPSA) is 66.8 Å². The van der Waals surface area contributed by atoms with Crippen molar-refractivity contribution in [2.45, 2.75) is 12.5 Å². The number of nitrogens with zero attached hydrogens (tertiary/aromatic N) is 3. The van der Waals surface area contributed by atoms with Gasteiger partial charge in [0.25, 0.3) is 0 Å². The van der Waals surface area contributed by atoms with Crippen LogP contribution in [0.3, 0.4) is 0 Å². The van der Waals surface area contributed by atoms with Crippen molar-refractivity contribution in [3.05, 3.63) is 48.2 Å². The third-order valence-electron chi connectivity index (χ3n) is 2.89. The Morgan fingerprint density at radius 3 is 2.63 bits per heavy atom. The van der Waals surface area contributed by atoms with Crippen LogP contribution in [-0.4, -0.2) is 20.4 Å². The SMILES string of the molecule is C1=CCC2NNNC2=C1.Sn1nc2ccccc2n1. The zero-order chi connectivity index (χ0) is 13.1. The molecule has 19 heavy (non-hydrogen) atoms. The molecule has 1 aromatic heterocycles. The summed E-state index contributed by atoms with van der Waals surface area (Å²) in [5.41, 5.74) is 11.9. The van der Waals surface area contributed by atoms with E-state index in [9.17, 15) is 0 Å². The molecule has 7 heteroatoms. The molecule has 98 valence electrons.